The first-order chi connectivity index (χ1) is 13.5. The number of hydrogen-bond donors (Lipinski definition) is 2. The van der Waals surface area contributed by atoms with Crippen molar-refractivity contribution in [3.05, 3.63) is 67.3 Å². The number of aromatic carboxylic acids is 2. The van der Waals surface area contributed by atoms with Gasteiger partial charge in [0.2, 0.25) is 0 Å². The Kier molecular flexibility index (Phi) is 5.53. The van der Waals surface area contributed by atoms with Crippen molar-refractivity contribution in [1.82, 2.24) is 9.97 Å². The molecule has 0 bridgehead atoms. The summed E-state index contributed by atoms with van der Waals surface area (Å²) in [7, 11) is 0. The molecular weight excluding hydrogens is 400 g/mol. The van der Waals surface area contributed by atoms with E-state index in [9.17, 15) is 39.4 Å². The van der Waals surface area contributed by atoms with E-state index in [1.807, 2.05) is 0 Å². The van der Waals surface area contributed by atoms with Crippen molar-refractivity contribution in [2.45, 2.75) is 0 Å². The fraction of sp³-hybridized carbons (Fsp3) is 0. The number of aromatic nitrogens is 2. The predicted molar refractivity (Wildman–Crippen MR) is 85.4 cm³/mol. The third kappa shape index (κ3) is 4.30. The lowest BCUT2D eigenvalue weighted by molar-refractivity contribution is -0.385. The van der Waals surface area contributed by atoms with Crippen LogP contribution < -0.4 is 0 Å². The summed E-state index contributed by atoms with van der Waals surface area (Å²) in [5, 5.41) is 39.5. The second-order valence-electron chi connectivity index (χ2n) is 4.98. The summed E-state index contributed by atoms with van der Waals surface area (Å²) in [6.07, 6.45) is 1.08. The Balaban J connectivity index is 2.40. The first kappa shape index (κ1) is 20.5. The van der Waals surface area contributed by atoms with Crippen LogP contribution in [0.25, 0.3) is 0 Å². The lowest BCUT2D eigenvalue weighted by Gasteiger charge is -2.06. The van der Waals surface area contributed by atoms with E-state index in [0.29, 0.717) is 24.5 Å². The van der Waals surface area contributed by atoms with Gasteiger partial charge in [-0.25, -0.2) is 29.1 Å². The number of carbonyl (C=O) groups excluding carboxylic acids is 2. The SMILES string of the molecule is O=C(O)c1cc([N+](=O)[O-])cnc1C(=O)OC(=O)c1ncc([N+](=O)[O-])cc1C(=O)O. The molecule has 0 atom stereocenters. The number of nitro groups is 2. The van der Waals surface area contributed by atoms with Gasteiger partial charge in [0, 0.05) is 12.1 Å². The minimum atomic E-state index is -1.79. The highest BCUT2D eigenvalue weighted by Gasteiger charge is 2.29. The van der Waals surface area contributed by atoms with Gasteiger partial charge in [-0.1, -0.05) is 0 Å². The van der Waals surface area contributed by atoms with Crippen LogP contribution in [0.5, 0.6) is 0 Å². The van der Waals surface area contributed by atoms with Crippen molar-refractivity contribution in [3.8, 4) is 0 Å². The van der Waals surface area contributed by atoms with Crippen molar-refractivity contribution in [2.24, 2.45) is 0 Å². The van der Waals surface area contributed by atoms with Crippen LogP contribution in [0.1, 0.15) is 41.7 Å². The zero-order valence-electron chi connectivity index (χ0n) is 13.7. The topological polar surface area (TPSA) is 230 Å². The van der Waals surface area contributed by atoms with Gasteiger partial charge in [0.15, 0.2) is 11.4 Å². The van der Waals surface area contributed by atoms with E-state index in [2.05, 4.69) is 14.7 Å². The zero-order chi connectivity index (χ0) is 21.9. The molecule has 0 saturated carbocycles. The number of hydrogen-bond acceptors (Lipinski definition) is 11. The Labute approximate surface area is 157 Å². The summed E-state index contributed by atoms with van der Waals surface area (Å²) in [5.41, 5.74) is -5.37. The Hall–Kier alpha value is -4.82. The molecule has 0 aromatic carbocycles. The number of pyridine rings is 2. The van der Waals surface area contributed by atoms with E-state index in [-0.39, 0.29) is 0 Å². The first-order valence-corrected chi connectivity index (χ1v) is 7.05. The number of carbonyl (C=O) groups is 4. The predicted octanol–water partition coefficient (Wildman–Crippen LogP) is 0.687. The minimum Gasteiger partial charge on any atom is -0.478 e. The third-order valence-corrected chi connectivity index (χ3v) is 3.20. The van der Waals surface area contributed by atoms with Crippen molar-refractivity contribution in [3.63, 3.8) is 0 Å². The molecule has 2 rings (SSSR count). The van der Waals surface area contributed by atoms with E-state index in [4.69, 9.17) is 10.2 Å². The zero-order valence-corrected chi connectivity index (χ0v) is 13.7. The average Bonchev–Trinajstić information content (AvgIpc) is 2.66. The van der Waals surface area contributed by atoms with Gasteiger partial charge in [0.25, 0.3) is 11.4 Å². The maximum absolute atomic E-state index is 12.1. The second kappa shape index (κ2) is 7.82. The smallest absolute Gasteiger partial charge is 0.365 e. The molecule has 15 heteroatoms. The van der Waals surface area contributed by atoms with Crippen LogP contribution in [0.15, 0.2) is 24.5 Å². The Morgan fingerprint density at radius 2 is 1.14 bits per heavy atom. The average molecular weight is 406 g/mol. The van der Waals surface area contributed by atoms with Gasteiger partial charge in [0.1, 0.15) is 12.4 Å². The molecule has 0 unspecified atom stereocenters. The summed E-state index contributed by atoms with van der Waals surface area (Å²) in [6.45, 7) is 0. The number of carboxylic acid groups (broad SMARTS) is 2. The molecule has 0 spiro atoms. The van der Waals surface area contributed by atoms with E-state index >= 15 is 0 Å². The summed E-state index contributed by atoms with van der Waals surface area (Å²) >= 11 is 0. The summed E-state index contributed by atoms with van der Waals surface area (Å²) < 4.78 is 4.34. The minimum absolute atomic E-state index is 0.503. The highest BCUT2D eigenvalue weighted by Crippen LogP contribution is 2.19. The van der Waals surface area contributed by atoms with Crippen molar-refractivity contribution < 1.29 is 44.0 Å². The number of nitrogens with zero attached hydrogens (tertiary/aromatic N) is 4. The molecule has 2 aromatic rings. The van der Waals surface area contributed by atoms with Gasteiger partial charge in [-0.15, -0.1) is 0 Å². The molecule has 15 nitrogen and oxygen atoms in total. The molecule has 0 radical (unpaired) electrons. The maximum Gasteiger partial charge on any atom is 0.365 e. The largest absolute Gasteiger partial charge is 0.478 e. The first-order valence-electron chi connectivity index (χ1n) is 7.05. The molecule has 0 aliphatic carbocycles. The fourth-order valence-electron chi connectivity index (χ4n) is 1.94. The highest BCUT2D eigenvalue weighted by atomic mass is 16.6. The number of esters is 2. The van der Waals surface area contributed by atoms with Crippen LogP contribution in [0, 0.1) is 20.2 Å². The second-order valence-corrected chi connectivity index (χ2v) is 4.98. The number of ether oxygens (including phenoxy) is 1. The van der Waals surface area contributed by atoms with Crippen molar-refractivity contribution in [2.75, 3.05) is 0 Å². The molecule has 148 valence electrons. The molecule has 2 heterocycles. The van der Waals surface area contributed by atoms with E-state index in [1.54, 1.807) is 0 Å². The Bertz CT molecular complexity index is 1010. The molecule has 0 saturated heterocycles. The summed E-state index contributed by atoms with van der Waals surface area (Å²) in [5.74, 6) is -6.92. The molecule has 0 aliphatic rings. The van der Waals surface area contributed by atoms with Gasteiger partial charge < -0.3 is 14.9 Å². The van der Waals surface area contributed by atoms with E-state index in [0.717, 1.165) is 0 Å². The summed E-state index contributed by atoms with van der Waals surface area (Å²) in [4.78, 5) is 72.5. The van der Waals surface area contributed by atoms with Gasteiger partial charge in [-0.3, -0.25) is 20.2 Å². The molecule has 2 aromatic heterocycles. The molecule has 29 heavy (non-hydrogen) atoms. The lowest BCUT2D eigenvalue weighted by Crippen LogP contribution is -2.21. The molecular formula is C14H6N4O11. The molecule has 0 aliphatic heterocycles. The van der Waals surface area contributed by atoms with Crippen LogP contribution in [0.3, 0.4) is 0 Å². The van der Waals surface area contributed by atoms with Gasteiger partial charge >= 0.3 is 23.9 Å². The Morgan fingerprint density at radius 3 is 1.41 bits per heavy atom. The number of carboxylic acids is 2. The fourth-order valence-corrected chi connectivity index (χ4v) is 1.94. The van der Waals surface area contributed by atoms with Crippen LogP contribution in [0.2, 0.25) is 0 Å². The highest BCUT2D eigenvalue weighted by molar-refractivity contribution is 6.09. The maximum atomic E-state index is 12.1. The van der Waals surface area contributed by atoms with Crippen LogP contribution >= 0.6 is 0 Å². The standard InChI is InChI=1S/C14H6N4O11/c19-11(20)7-1-5(17(25)26)3-15-9(7)13(23)29-14(24)10-8(12(21)22)2-6(4-16-10)18(27)28/h1-4H,(H,19,20)(H,21,22). The monoisotopic (exact) mass is 406 g/mol. The van der Waals surface area contributed by atoms with Gasteiger partial charge in [0.05, 0.1) is 21.0 Å². The molecule has 0 amide bonds. The van der Waals surface area contributed by atoms with Crippen LogP contribution in [-0.4, -0.2) is 53.9 Å². The van der Waals surface area contributed by atoms with E-state index in [1.165, 1.54) is 0 Å². The third-order valence-electron chi connectivity index (χ3n) is 3.20. The molecule has 2 N–H and O–H groups in total. The van der Waals surface area contributed by atoms with Gasteiger partial charge in [-0.2, -0.15) is 0 Å². The summed E-state index contributed by atoms with van der Waals surface area (Å²) in [6, 6.07) is 1.01. The van der Waals surface area contributed by atoms with E-state index < -0.39 is 67.6 Å². The van der Waals surface area contributed by atoms with Crippen molar-refractivity contribution in [1.29, 1.82) is 0 Å². The Morgan fingerprint density at radius 1 is 0.793 bits per heavy atom. The van der Waals surface area contributed by atoms with Crippen molar-refractivity contribution >= 4 is 35.3 Å². The molecule has 0 fully saturated rings. The normalized spacial score (nSPS) is 10.1. The lowest BCUT2D eigenvalue weighted by atomic mass is 10.1. The number of rotatable bonds is 6. The van der Waals surface area contributed by atoms with Crippen LogP contribution in [-0.2, 0) is 4.74 Å². The van der Waals surface area contributed by atoms with Crippen LogP contribution in [0.4, 0.5) is 11.4 Å². The van der Waals surface area contributed by atoms with Gasteiger partial charge in [-0.05, 0) is 0 Å². The quantitative estimate of drug-likeness (QED) is 0.291.